The molecule has 2 aromatic rings. The molecule has 1 aliphatic heterocycles. The molecule has 2 heterocycles. The van der Waals surface area contributed by atoms with Crippen LogP contribution in [0.5, 0.6) is 0 Å². The predicted molar refractivity (Wildman–Crippen MR) is 98.9 cm³/mol. The number of ether oxygens (including phenoxy) is 1. The van der Waals surface area contributed by atoms with Gasteiger partial charge in [0.15, 0.2) is 6.29 Å². The highest BCUT2D eigenvalue weighted by atomic mass is 16.5. The maximum Gasteiger partial charge on any atom is 0.418 e. The van der Waals surface area contributed by atoms with E-state index in [9.17, 15) is 9.59 Å². The molecule has 1 saturated heterocycles. The number of rotatable bonds is 3. The maximum absolute atomic E-state index is 12.4. The summed E-state index contributed by atoms with van der Waals surface area (Å²) in [7, 11) is 1.36. The number of fused-ring (bicyclic) bond motifs is 2. The van der Waals surface area contributed by atoms with Crippen LogP contribution in [0, 0.1) is 5.92 Å². The Morgan fingerprint density at radius 2 is 2.15 bits per heavy atom. The average molecular weight is 352 g/mol. The van der Waals surface area contributed by atoms with E-state index in [0.29, 0.717) is 17.7 Å². The number of carbonyl (C=O) groups excluding carboxylic acids is 2. The van der Waals surface area contributed by atoms with Crippen molar-refractivity contribution in [3.63, 3.8) is 0 Å². The van der Waals surface area contributed by atoms with Crippen molar-refractivity contribution in [3.8, 4) is 0 Å². The number of nitrogens with zero attached hydrogens (tertiary/aromatic N) is 2. The van der Waals surface area contributed by atoms with Crippen LogP contribution in [0.3, 0.4) is 0 Å². The first-order chi connectivity index (χ1) is 12.7. The van der Waals surface area contributed by atoms with Crippen molar-refractivity contribution in [1.29, 1.82) is 0 Å². The minimum Gasteiger partial charge on any atom is -0.452 e. The molecule has 1 saturated carbocycles. The van der Waals surface area contributed by atoms with E-state index < -0.39 is 6.09 Å². The van der Waals surface area contributed by atoms with Crippen molar-refractivity contribution in [1.82, 2.24) is 9.47 Å². The second kappa shape index (κ2) is 5.95. The molecule has 5 nitrogen and oxygen atoms in total. The molecule has 0 spiro atoms. The van der Waals surface area contributed by atoms with Gasteiger partial charge in [0.05, 0.1) is 18.3 Å². The van der Waals surface area contributed by atoms with Crippen LogP contribution < -0.4 is 0 Å². The van der Waals surface area contributed by atoms with Crippen molar-refractivity contribution < 1.29 is 14.3 Å². The van der Waals surface area contributed by atoms with Gasteiger partial charge in [-0.05, 0) is 61.8 Å². The van der Waals surface area contributed by atoms with Gasteiger partial charge in [-0.3, -0.25) is 9.69 Å². The first-order valence-electron chi connectivity index (χ1n) is 9.66. The highest BCUT2D eigenvalue weighted by molar-refractivity contribution is 6.02. The van der Waals surface area contributed by atoms with E-state index in [-0.39, 0.29) is 0 Å². The van der Waals surface area contributed by atoms with Crippen molar-refractivity contribution in [2.45, 2.75) is 44.1 Å². The minimum absolute atomic E-state index is 0.439. The zero-order valence-corrected chi connectivity index (χ0v) is 15.1. The summed E-state index contributed by atoms with van der Waals surface area (Å²) in [4.78, 5) is 26.9. The zero-order chi connectivity index (χ0) is 17.8. The Morgan fingerprint density at radius 1 is 1.31 bits per heavy atom. The molecule has 2 atom stereocenters. The van der Waals surface area contributed by atoms with Gasteiger partial charge in [-0.1, -0.05) is 12.1 Å². The Labute approximate surface area is 152 Å². The summed E-state index contributed by atoms with van der Waals surface area (Å²) in [5.74, 6) is 1.35. The van der Waals surface area contributed by atoms with Gasteiger partial charge >= 0.3 is 6.09 Å². The molecule has 2 fully saturated rings. The molecule has 5 heteroatoms. The van der Waals surface area contributed by atoms with Crippen LogP contribution in [0.25, 0.3) is 10.9 Å². The Hall–Kier alpha value is -2.14. The van der Waals surface area contributed by atoms with E-state index in [1.54, 1.807) is 0 Å². The lowest BCUT2D eigenvalue weighted by Crippen LogP contribution is -2.47. The Balaban J connectivity index is 1.68. The topological polar surface area (TPSA) is 51.5 Å². The SMILES string of the molecule is COC(=O)n1c(C=O)c2c3c(cccc31)[C@H]1CCCN(CC3CC3)[C@@H]1C2. The van der Waals surface area contributed by atoms with Gasteiger partial charge in [-0.25, -0.2) is 9.36 Å². The van der Waals surface area contributed by atoms with Gasteiger partial charge in [-0.15, -0.1) is 0 Å². The molecule has 0 amide bonds. The number of hydrogen-bond acceptors (Lipinski definition) is 4. The van der Waals surface area contributed by atoms with Crippen molar-refractivity contribution in [2.24, 2.45) is 5.92 Å². The number of benzene rings is 1. The first-order valence-corrected chi connectivity index (χ1v) is 9.66. The number of methoxy groups -OCH3 is 1. The second-order valence-electron chi connectivity index (χ2n) is 7.99. The molecule has 0 radical (unpaired) electrons. The van der Waals surface area contributed by atoms with Gasteiger partial charge in [0.2, 0.25) is 0 Å². The summed E-state index contributed by atoms with van der Waals surface area (Å²) in [6.45, 7) is 2.33. The van der Waals surface area contributed by atoms with Crippen LogP contribution in [0.15, 0.2) is 18.2 Å². The lowest BCUT2D eigenvalue weighted by Gasteiger charge is -2.44. The molecule has 0 bridgehead atoms. The van der Waals surface area contributed by atoms with Gasteiger partial charge in [0.1, 0.15) is 0 Å². The molecule has 136 valence electrons. The fraction of sp³-hybridized carbons (Fsp3) is 0.524. The van der Waals surface area contributed by atoms with E-state index in [2.05, 4.69) is 11.0 Å². The molecule has 2 aliphatic carbocycles. The molecule has 3 aliphatic rings. The minimum atomic E-state index is -0.486. The molecule has 0 N–H and O–H groups in total. The molecule has 1 aromatic carbocycles. The third-order valence-corrected chi connectivity index (χ3v) is 6.53. The number of likely N-dealkylation sites (tertiary alicyclic amines) is 1. The van der Waals surface area contributed by atoms with Crippen LogP contribution in [-0.2, 0) is 11.2 Å². The van der Waals surface area contributed by atoms with Crippen LogP contribution in [0.2, 0.25) is 0 Å². The van der Waals surface area contributed by atoms with E-state index in [4.69, 9.17) is 4.74 Å². The van der Waals surface area contributed by atoms with Crippen LogP contribution in [0.1, 0.15) is 53.2 Å². The van der Waals surface area contributed by atoms with Crippen LogP contribution in [0.4, 0.5) is 4.79 Å². The van der Waals surface area contributed by atoms with E-state index in [0.717, 1.165) is 41.6 Å². The number of hydrogen-bond donors (Lipinski definition) is 0. The lowest BCUT2D eigenvalue weighted by atomic mass is 9.74. The number of aldehydes is 1. The Morgan fingerprint density at radius 3 is 2.88 bits per heavy atom. The lowest BCUT2D eigenvalue weighted by molar-refractivity contribution is 0.110. The van der Waals surface area contributed by atoms with Crippen molar-refractivity contribution in [3.05, 3.63) is 35.0 Å². The summed E-state index contributed by atoms with van der Waals surface area (Å²) in [5.41, 5.74) is 3.61. The Bertz CT molecular complexity index is 896. The smallest absolute Gasteiger partial charge is 0.418 e. The molecular formula is C21H24N2O3. The summed E-state index contributed by atoms with van der Waals surface area (Å²) in [6.07, 6.45) is 6.30. The van der Waals surface area contributed by atoms with E-state index >= 15 is 0 Å². The van der Waals surface area contributed by atoms with Crippen LogP contribution in [-0.4, -0.2) is 48.1 Å². The van der Waals surface area contributed by atoms with Gasteiger partial charge in [0.25, 0.3) is 0 Å². The third kappa shape index (κ3) is 2.26. The quantitative estimate of drug-likeness (QED) is 0.792. The van der Waals surface area contributed by atoms with Crippen molar-refractivity contribution in [2.75, 3.05) is 20.2 Å². The number of carbonyl (C=O) groups is 2. The zero-order valence-electron chi connectivity index (χ0n) is 15.1. The molecular weight excluding hydrogens is 328 g/mol. The molecule has 26 heavy (non-hydrogen) atoms. The second-order valence-corrected chi connectivity index (χ2v) is 7.99. The summed E-state index contributed by atoms with van der Waals surface area (Å²) in [5, 5.41) is 1.11. The fourth-order valence-corrected chi connectivity index (χ4v) is 5.22. The predicted octanol–water partition coefficient (Wildman–Crippen LogP) is 3.58. The third-order valence-electron chi connectivity index (χ3n) is 6.53. The molecule has 1 aromatic heterocycles. The number of piperidine rings is 1. The van der Waals surface area contributed by atoms with Gasteiger partial charge in [-0.2, -0.15) is 0 Å². The fourth-order valence-electron chi connectivity index (χ4n) is 5.22. The van der Waals surface area contributed by atoms with E-state index in [1.165, 1.54) is 49.5 Å². The highest BCUT2D eigenvalue weighted by Crippen LogP contribution is 2.46. The molecule has 0 unspecified atom stereocenters. The first kappa shape index (κ1) is 16.1. The van der Waals surface area contributed by atoms with Crippen molar-refractivity contribution >= 4 is 23.3 Å². The highest BCUT2D eigenvalue weighted by Gasteiger charge is 2.41. The average Bonchev–Trinajstić information content (AvgIpc) is 3.43. The Kier molecular flexibility index (Phi) is 3.67. The maximum atomic E-state index is 12.4. The summed E-state index contributed by atoms with van der Waals surface area (Å²) in [6, 6.07) is 6.57. The monoisotopic (exact) mass is 352 g/mol. The van der Waals surface area contributed by atoms with Crippen LogP contribution >= 0.6 is 0 Å². The van der Waals surface area contributed by atoms with Gasteiger partial charge in [0, 0.05) is 23.9 Å². The number of aromatic nitrogens is 1. The van der Waals surface area contributed by atoms with Gasteiger partial charge < -0.3 is 4.74 Å². The largest absolute Gasteiger partial charge is 0.452 e. The summed E-state index contributed by atoms with van der Waals surface area (Å²) < 4.78 is 6.42. The standard InChI is InChI=1S/C21H24N2O3/c1-26-21(25)23-17-6-2-4-15-14-5-3-9-22(11-13-7-8-13)18(14)10-16(20(15)17)19(23)12-24/h2,4,6,12-14,18H,3,5,7-11H2,1H3/t14-,18-/m1/s1. The normalized spacial score (nSPS) is 25.1. The molecule has 5 rings (SSSR count). The van der Waals surface area contributed by atoms with E-state index in [1.807, 2.05) is 12.1 Å². The summed E-state index contributed by atoms with van der Waals surface area (Å²) >= 11 is 0.